The summed E-state index contributed by atoms with van der Waals surface area (Å²) in [6, 6.07) is 8.95. The molecule has 1 N–H and O–H groups in total. The number of piperidine rings is 2. The molecule has 29 heavy (non-hydrogen) atoms. The number of nitrogens with one attached hydrogen (secondary N) is 1. The summed E-state index contributed by atoms with van der Waals surface area (Å²) in [6.07, 6.45) is 6.55. The van der Waals surface area contributed by atoms with E-state index in [4.69, 9.17) is 0 Å². The molecule has 2 amide bonds. The Hall–Kier alpha value is -2.96. The van der Waals surface area contributed by atoms with Crippen LogP contribution < -0.4 is 15.1 Å². The monoisotopic (exact) mass is 393 g/mol. The molecule has 152 valence electrons. The van der Waals surface area contributed by atoms with Crippen LogP contribution in [0.3, 0.4) is 0 Å². The summed E-state index contributed by atoms with van der Waals surface area (Å²) in [5.41, 5.74) is 2.29. The van der Waals surface area contributed by atoms with Gasteiger partial charge in [-0.3, -0.25) is 9.59 Å². The van der Waals surface area contributed by atoms with Crippen LogP contribution in [0.5, 0.6) is 0 Å². The van der Waals surface area contributed by atoms with Crippen molar-refractivity contribution in [3.8, 4) is 0 Å². The largest absolute Gasteiger partial charge is 0.341 e. The minimum absolute atomic E-state index is 0.0690. The van der Waals surface area contributed by atoms with Gasteiger partial charge in [-0.2, -0.15) is 0 Å². The number of rotatable bonds is 4. The minimum Gasteiger partial charge on any atom is -0.341 e. The van der Waals surface area contributed by atoms with Crippen molar-refractivity contribution in [2.75, 3.05) is 29.4 Å². The lowest BCUT2D eigenvalue weighted by molar-refractivity contribution is -0.121. The average Bonchev–Trinajstić information content (AvgIpc) is 2.76. The van der Waals surface area contributed by atoms with Crippen molar-refractivity contribution in [2.45, 2.75) is 45.1 Å². The number of aryl methyl sites for hydroxylation is 1. The van der Waals surface area contributed by atoms with E-state index in [1.807, 2.05) is 31.2 Å². The Morgan fingerprint density at radius 3 is 2.72 bits per heavy atom. The van der Waals surface area contributed by atoms with E-state index in [0.29, 0.717) is 24.6 Å². The molecular formula is C22H27N5O2. The predicted octanol–water partition coefficient (Wildman–Crippen LogP) is 2.70. The van der Waals surface area contributed by atoms with Crippen LogP contribution in [-0.2, 0) is 4.79 Å². The highest BCUT2D eigenvalue weighted by Gasteiger charge is 2.31. The third-order valence-electron chi connectivity index (χ3n) is 5.57. The second-order valence-corrected chi connectivity index (χ2v) is 7.79. The predicted molar refractivity (Wildman–Crippen MR) is 112 cm³/mol. The lowest BCUT2D eigenvalue weighted by Gasteiger charge is -2.32. The molecule has 2 aromatic rings. The van der Waals surface area contributed by atoms with Crippen LogP contribution in [0.4, 0.5) is 11.6 Å². The lowest BCUT2D eigenvalue weighted by Crippen LogP contribution is -2.52. The maximum Gasteiger partial charge on any atom is 0.270 e. The number of nitrogens with zero attached hydrogens (tertiary/aromatic N) is 4. The van der Waals surface area contributed by atoms with Gasteiger partial charge >= 0.3 is 0 Å². The molecule has 2 fully saturated rings. The number of hydrogen-bond donors (Lipinski definition) is 1. The quantitative estimate of drug-likeness (QED) is 0.864. The highest BCUT2D eigenvalue weighted by molar-refractivity contribution is 6.02. The van der Waals surface area contributed by atoms with Crippen molar-refractivity contribution in [3.05, 3.63) is 47.8 Å². The molecule has 2 aliphatic rings. The van der Waals surface area contributed by atoms with Crippen LogP contribution in [0.25, 0.3) is 0 Å². The normalized spacial score (nSPS) is 19.9. The zero-order valence-electron chi connectivity index (χ0n) is 16.8. The Morgan fingerprint density at radius 1 is 1.10 bits per heavy atom. The lowest BCUT2D eigenvalue weighted by atomic mass is 10.0. The number of amides is 2. The first-order valence-corrected chi connectivity index (χ1v) is 10.4. The standard InChI is InChI=1S/C22H27N5O2/c1-16-7-5-8-17(15-16)27-14-6-9-19(21(27)29)24-20(28)18-10-11-23-22(25-18)26-12-3-2-4-13-26/h5,7-8,10-11,15,19H,2-4,6,9,12-14H2,1H3,(H,24,28). The topological polar surface area (TPSA) is 78.4 Å². The van der Waals surface area contributed by atoms with Crippen molar-refractivity contribution in [1.29, 1.82) is 0 Å². The van der Waals surface area contributed by atoms with E-state index in [0.717, 1.165) is 43.6 Å². The summed E-state index contributed by atoms with van der Waals surface area (Å²) in [5.74, 6) is 0.198. The van der Waals surface area contributed by atoms with Gasteiger partial charge in [0.25, 0.3) is 5.91 Å². The van der Waals surface area contributed by atoms with Gasteiger partial charge in [-0.25, -0.2) is 9.97 Å². The van der Waals surface area contributed by atoms with E-state index in [9.17, 15) is 9.59 Å². The molecule has 0 bridgehead atoms. The van der Waals surface area contributed by atoms with Gasteiger partial charge in [-0.1, -0.05) is 12.1 Å². The molecule has 2 aliphatic heterocycles. The fourth-order valence-electron chi connectivity index (χ4n) is 4.01. The molecule has 1 atom stereocenters. The number of aromatic nitrogens is 2. The van der Waals surface area contributed by atoms with E-state index < -0.39 is 6.04 Å². The second-order valence-electron chi connectivity index (χ2n) is 7.79. The first kappa shape index (κ1) is 19.4. The SMILES string of the molecule is Cc1cccc(N2CCCC(NC(=O)c3ccnc(N4CCCCC4)n3)C2=O)c1. The molecule has 0 radical (unpaired) electrons. The van der Waals surface area contributed by atoms with Crippen molar-refractivity contribution in [2.24, 2.45) is 0 Å². The Morgan fingerprint density at radius 2 is 1.93 bits per heavy atom. The third kappa shape index (κ3) is 4.39. The Kier molecular flexibility index (Phi) is 5.74. The highest BCUT2D eigenvalue weighted by atomic mass is 16.2. The van der Waals surface area contributed by atoms with Gasteiger partial charge in [0.1, 0.15) is 11.7 Å². The molecule has 1 aromatic heterocycles. The summed E-state index contributed by atoms with van der Waals surface area (Å²) < 4.78 is 0. The Balaban J connectivity index is 1.45. The van der Waals surface area contributed by atoms with Crippen molar-refractivity contribution in [1.82, 2.24) is 15.3 Å². The Bertz CT molecular complexity index is 894. The number of hydrogen-bond acceptors (Lipinski definition) is 5. The highest BCUT2D eigenvalue weighted by Crippen LogP contribution is 2.22. The summed E-state index contributed by atoms with van der Waals surface area (Å²) in [6.45, 7) is 4.50. The molecule has 4 rings (SSSR count). The van der Waals surface area contributed by atoms with Crippen LogP contribution in [0, 0.1) is 6.92 Å². The smallest absolute Gasteiger partial charge is 0.270 e. The Labute approximate surface area is 171 Å². The fourth-order valence-corrected chi connectivity index (χ4v) is 4.01. The fraction of sp³-hybridized carbons (Fsp3) is 0.455. The molecule has 0 spiro atoms. The molecular weight excluding hydrogens is 366 g/mol. The maximum atomic E-state index is 13.0. The van der Waals surface area contributed by atoms with Gasteiger partial charge in [0.2, 0.25) is 11.9 Å². The van der Waals surface area contributed by atoms with Gasteiger partial charge in [-0.05, 0) is 62.8 Å². The minimum atomic E-state index is -0.537. The second kappa shape index (κ2) is 8.59. The zero-order chi connectivity index (χ0) is 20.2. The average molecular weight is 393 g/mol. The summed E-state index contributed by atoms with van der Waals surface area (Å²) >= 11 is 0. The van der Waals surface area contributed by atoms with Crippen LogP contribution in [0.1, 0.15) is 48.2 Å². The summed E-state index contributed by atoms with van der Waals surface area (Å²) in [5, 5.41) is 2.89. The molecule has 0 aliphatic carbocycles. The van der Waals surface area contributed by atoms with E-state index >= 15 is 0 Å². The van der Waals surface area contributed by atoms with Crippen LogP contribution >= 0.6 is 0 Å². The first-order chi connectivity index (χ1) is 14.1. The zero-order valence-corrected chi connectivity index (χ0v) is 16.8. The molecule has 0 saturated carbocycles. The molecule has 7 nitrogen and oxygen atoms in total. The van der Waals surface area contributed by atoms with E-state index in [1.54, 1.807) is 17.2 Å². The van der Waals surface area contributed by atoms with E-state index in [2.05, 4.69) is 20.2 Å². The maximum absolute atomic E-state index is 13.0. The van der Waals surface area contributed by atoms with Gasteiger partial charge in [0.15, 0.2) is 0 Å². The number of carbonyl (C=O) groups is 2. The number of carbonyl (C=O) groups excluding carboxylic acids is 2. The van der Waals surface area contributed by atoms with Crippen LogP contribution in [-0.4, -0.2) is 47.5 Å². The molecule has 3 heterocycles. The summed E-state index contributed by atoms with van der Waals surface area (Å²) in [4.78, 5) is 38.5. The van der Waals surface area contributed by atoms with Gasteiger partial charge in [-0.15, -0.1) is 0 Å². The van der Waals surface area contributed by atoms with Gasteiger partial charge in [0.05, 0.1) is 0 Å². The van der Waals surface area contributed by atoms with Crippen molar-refractivity contribution >= 4 is 23.5 Å². The number of benzene rings is 1. The van der Waals surface area contributed by atoms with Gasteiger partial charge in [0, 0.05) is 31.5 Å². The van der Waals surface area contributed by atoms with Crippen molar-refractivity contribution < 1.29 is 9.59 Å². The van der Waals surface area contributed by atoms with E-state index in [1.165, 1.54) is 6.42 Å². The van der Waals surface area contributed by atoms with Crippen LogP contribution in [0.15, 0.2) is 36.5 Å². The molecule has 1 aromatic carbocycles. The van der Waals surface area contributed by atoms with Gasteiger partial charge < -0.3 is 15.1 Å². The van der Waals surface area contributed by atoms with Crippen LogP contribution in [0.2, 0.25) is 0 Å². The molecule has 7 heteroatoms. The molecule has 1 unspecified atom stereocenters. The van der Waals surface area contributed by atoms with E-state index in [-0.39, 0.29) is 11.8 Å². The van der Waals surface area contributed by atoms with Crippen molar-refractivity contribution in [3.63, 3.8) is 0 Å². The molecule has 2 saturated heterocycles. The first-order valence-electron chi connectivity index (χ1n) is 10.4. The summed E-state index contributed by atoms with van der Waals surface area (Å²) in [7, 11) is 0. The number of anilines is 2. The third-order valence-corrected chi connectivity index (χ3v) is 5.57.